The molecule has 1 atom stereocenters. The average molecular weight is 364 g/mol. The highest BCUT2D eigenvalue weighted by molar-refractivity contribution is 6.34. The largest absolute Gasteiger partial charge is 0.479 e. The van der Waals surface area contributed by atoms with Gasteiger partial charge in [0.25, 0.3) is 5.91 Å². The van der Waals surface area contributed by atoms with Gasteiger partial charge in [-0.05, 0) is 31.2 Å². The molecule has 2 aromatic carbocycles. The Morgan fingerprint density at radius 2 is 1.83 bits per heavy atom. The number of rotatable bonds is 4. The van der Waals surface area contributed by atoms with E-state index in [-0.39, 0.29) is 10.8 Å². The van der Waals surface area contributed by atoms with E-state index in [1.54, 1.807) is 0 Å². The third-order valence-electron chi connectivity index (χ3n) is 2.86. The van der Waals surface area contributed by atoms with Gasteiger partial charge in [-0.2, -0.15) is 0 Å². The van der Waals surface area contributed by atoms with Crippen LogP contribution in [0.5, 0.6) is 5.75 Å². The van der Waals surface area contributed by atoms with Crippen molar-refractivity contribution < 1.29 is 22.7 Å². The van der Waals surface area contributed by atoms with Crippen LogP contribution in [0, 0.1) is 17.5 Å². The molecule has 2 aromatic rings. The molecule has 0 fully saturated rings. The molecule has 0 aliphatic rings. The molecular weight excluding hydrogens is 354 g/mol. The molecule has 0 aliphatic heterocycles. The van der Waals surface area contributed by atoms with Gasteiger partial charge in [-0.15, -0.1) is 0 Å². The predicted molar refractivity (Wildman–Crippen MR) is 81.5 cm³/mol. The maximum atomic E-state index is 13.5. The second kappa shape index (κ2) is 7.10. The van der Waals surface area contributed by atoms with Crippen molar-refractivity contribution >= 4 is 34.8 Å². The van der Waals surface area contributed by atoms with Crippen LogP contribution in [0.15, 0.2) is 30.3 Å². The van der Waals surface area contributed by atoms with E-state index >= 15 is 0 Å². The van der Waals surface area contributed by atoms with Crippen molar-refractivity contribution in [2.24, 2.45) is 0 Å². The lowest BCUT2D eigenvalue weighted by molar-refractivity contribution is -0.122. The predicted octanol–water partition coefficient (Wildman–Crippen LogP) is 4.82. The summed E-state index contributed by atoms with van der Waals surface area (Å²) in [7, 11) is 0. The fourth-order valence-electron chi connectivity index (χ4n) is 1.67. The number of carbonyl (C=O) groups excluding carboxylic acids is 1. The van der Waals surface area contributed by atoms with Crippen LogP contribution in [-0.2, 0) is 4.79 Å². The van der Waals surface area contributed by atoms with Crippen molar-refractivity contribution in [2.45, 2.75) is 13.0 Å². The first-order valence-electron chi connectivity index (χ1n) is 6.35. The Balaban J connectivity index is 2.12. The van der Waals surface area contributed by atoms with Crippen LogP contribution in [0.1, 0.15) is 6.92 Å². The normalized spacial score (nSPS) is 11.9. The monoisotopic (exact) mass is 363 g/mol. The highest BCUT2D eigenvalue weighted by atomic mass is 35.5. The summed E-state index contributed by atoms with van der Waals surface area (Å²) in [4.78, 5) is 12.0. The van der Waals surface area contributed by atoms with E-state index in [0.717, 1.165) is 6.07 Å². The number of anilines is 1. The first-order valence-corrected chi connectivity index (χ1v) is 7.11. The molecule has 122 valence electrons. The number of ether oxygens (including phenoxy) is 1. The molecule has 8 heteroatoms. The van der Waals surface area contributed by atoms with Crippen LogP contribution >= 0.6 is 23.2 Å². The van der Waals surface area contributed by atoms with Gasteiger partial charge in [-0.1, -0.05) is 23.2 Å². The van der Waals surface area contributed by atoms with Crippen molar-refractivity contribution in [3.8, 4) is 5.75 Å². The second-order valence-corrected chi connectivity index (χ2v) is 5.39. The van der Waals surface area contributed by atoms with E-state index in [1.165, 1.54) is 25.1 Å². The third kappa shape index (κ3) is 4.09. The highest BCUT2D eigenvalue weighted by Crippen LogP contribution is 2.29. The van der Waals surface area contributed by atoms with Gasteiger partial charge in [-0.3, -0.25) is 4.79 Å². The average Bonchev–Trinajstić information content (AvgIpc) is 2.51. The van der Waals surface area contributed by atoms with Crippen molar-refractivity contribution in [3.63, 3.8) is 0 Å². The summed E-state index contributed by atoms with van der Waals surface area (Å²) >= 11 is 11.7. The first kappa shape index (κ1) is 17.4. The van der Waals surface area contributed by atoms with E-state index in [1.807, 2.05) is 0 Å². The van der Waals surface area contributed by atoms with E-state index in [0.29, 0.717) is 11.1 Å². The van der Waals surface area contributed by atoms with Gasteiger partial charge in [0.15, 0.2) is 23.6 Å². The summed E-state index contributed by atoms with van der Waals surface area (Å²) in [6.07, 6.45) is -1.08. The number of hydrogen-bond donors (Lipinski definition) is 1. The van der Waals surface area contributed by atoms with Gasteiger partial charge in [0, 0.05) is 11.1 Å². The van der Waals surface area contributed by atoms with Gasteiger partial charge in [-0.25, -0.2) is 13.2 Å². The summed E-state index contributed by atoms with van der Waals surface area (Å²) < 4.78 is 44.8. The molecule has 0 radical (unpaired) electrons. The summed E-state index contributed by atoms with van der Waals surface area (Å²) in [6.45, 7) is 1.38. The molecule has 0 aliphatic carbocycles. The van der Waals surface area contributed by atoms with Gasteiger partial charge in [0.1, 0.15) is 5.75 Å². The molecule has 0 saturated heterocycles. The Morgan fingerprint density at radius 3 is 2.52 bits per heavy atom. The first-order chi connectivity index (χ1) is 10.8. The number of hydrogen-bond acceptors (Lipinski definition) is 2. The fourth-order valence-corrected chi connectivity index (χ4v) is 1.99. The molecular formula is C15H10Cl2F3NO2. The Morgan fingerprint density at radius 1 is 1.13 bits per heavy atom. The maximum absolute atomic E-state index is 13.5. The smallest absolute Gasteiger partial charge is 0.265 e. The van der Waals surface area contributed by atoms with Gasteiger partial charge < -0.3 is 10.1 Å². The second-order valence-electron chi connectivity index (χ2n) is 4.55. The van der Waals surface area contributed by atoms with Gasteiger partial charge >= 0.3 is 0 Å². The van der Waals surface area contributed by atoms with E-state index in [2.05, 4.69) is 5.32 Å². The molecule has 0 aromatic heterocycles. The zero-order chi connectivity index (χ0) is 17.1. The number of halogens is 5. The molecule has 3 nitrogen and oxygen atoms in total. The minimum absolute atomic E-state index is 0.160. The summed E-state index contributed by atoms with van der Waals surface area (Å²) in [5.74, 6) is -5.13. The van der Waals surface area contributed by atoms with Crippen molar-refractivity contribution in [1.29, 1.82) is 0 Å². The van der Waals surface area contributed by atoms with E-state index in [4.69, 9.17) is 27.9 Å². The molecule has 0 heterocycles. The highest BCUT2D eigenvalue weighted by Gasteiger charge is 2.20. The Bertz CT molecular complexity index is 756. The number of carbonyl (C=O) groups is 1. The lowest BCUT2D eigenvalue weighted by Crippen LogP contribution is -2.30. The van der Waals surface area contributed by atoms with Gasteiger partial charge in [0.2, 0.25) is 0 Å². The van der Waals surface area contributed by atoms with E-state index in [9.17, 15) is 18.0 Å². The maximum Gasteiger partial charge on any atom is 0.265 e. The molecule has 1 unspecified atom stereocenters. The van der Waals surface area contributed by atoms with E-state index < -0.39 is 35.2 Å². The van der Waals surface area contributed by atoms with Crippen molar-refractivity contribution in [3.05, 3.63) is 57.8 Å². The van der Waals surface area contributed by atoms with Crippen LogP contribution in [-0.4, -0.2) is 12.0 Å². The van der Waals surface area contributed by atoms with Crippen LogP contribution in [0.3, 0.4) is 0 Å². The molecule has 0 saturated carbocycles. The van der Waals surface area contributed by atoms with Crippen LogP contribution in [0.4, 0.5) is 18.9 Å². The zero-order valence-electron chi connectivity index (χ0n) is 11.7. The molecule has 0 bridgehead atoms. The Kier molecular flexibility index (Phi) is 5.38. The van der Waals surface area contributed by atoms with Crippen molar-refractivity contribution in [1.82, 2.24) is 0 Å². The molecule has 1 amide bonds. The molecule has 23 heavy (non-hydrogen) atoms. The standard InChI is InChI=1S/C15H10Cl2F3NO2/c1-7(23-12-6-8(16)2-3-9(12)17)15(22)21-11-5-4-10(18)13(19)14(11)20/h2-7H,1H3,(H,21,22). The third-order valence-corrected chi connectivity index (χ3v) is 3.41. The topological polar surface area (TPSA) is 38.3 Å². The van der Waals surface area contributed by atoms with Crippen molar-refractivity contribution in [2.75, 3.05) is 5.32 Å². The molecule has 2 rings (SSSR count). The Labute approximate surface area is 140 Å². The summed E-state index contributed by atoms with van der Waals surface area (Å²) in [5.41, 5.74) is -0.499. The zero-order valence-corrected chi connectivity index (χ0v) is 13.2. The van der Waals surface area contributed by atoms with Crippen LogP contribution in [0.2, 0.25) is 10.0 Å². The quantitative estimate of drug-likeness (QED) is 0.791. The molecule has 1 N–H and O–H groups in total. The summed E-state index contributed by atoms with van der Waals surface area (Å²) in [6, 6.07) is 6.04. The minimum atomic E-state index is -1.67. The number of amides is 1. The number of benzene rings is 2. The minimum Gasteiger partial charge on any atom is -0.479 e. The molecule has 0 spiro atoms. The fraction of sp³-hybridized carbons (Fsp3) is 0.133. The van der Waals surface area contributed by atoms with Gasteiger partial charge in [0.05, 0.1) is 10.7 Å². The Hall–Kier alpha value is -1.92. The SMILES string of the molecule is CC(Oc1cc(Cl)ccc1Cl)C(=O)Nc1ccc(F)c(F)c1F. The lowest BCUT2D eigenvalue weighted by atomic mass is 10.2. The van der Waals surface area contributed by atoms with Crippen LogP contribution < -0.4 is 10.1 Å². The number of nitrogens with one attached hydrogen (secondary N) is 1. The van der Waals surface area contributed by atoms with Crippen LogP contribution in [0.25, 0.3) is 0 Å². The summed E-state index contributed by atoms with van der Waals surface area (Å²) in [5, 5.41) is 2.69. The lowest BCUT2D eigenvalue weighted by Gasteiger charge is -2.16.